The number of halogens is 1. The number of unbranched alkanes of at least 4 members (excludes halogenated alkanes) is 1. The van der Waals surface area contributed by atoms with Crippen LogP contribution in [0.5, 0.6) is 11.5 Å². The molecule has 0 bridgehead atoms. The first-order chi connectivity index (χ1) is 20.6. The first-order valence-electron chi connectivity index (χ1n) is 14.2. The van der Waals surface area contributed by atoms with Crippen LogP contribution < -0.4 is 19.1 Å². The molecule has 1 atom stereocenters. The van der Waals surface area contributed by atoms with E-state index in [1.54, 1.807) is 48.5 Å². The highest BCUT2D eigenvalue weighted by molar-refractivity contribution is 7.92. The van der Waals surface area contributed by atoms with E-state index >= 15 is 0 Å². The van der Waals surface area contributed by atoms with Crippen molar-refractivity contribution in [2.45, 2.75) is 57.5 Å². The number of benzene rings is 3. The monoisotopic (exact) mass is 629 g/mol. The molecule has 9 nitrogen and oxygen atoms in total. The summed E-state index contributed by atoms with van der Waals surface area (Å²) in [6, 6.07) is 17.3. The summed E-state index contributed by atoms with van der Waals surface area (Å²) in [6.45, 7) is 5.55. The van der Waals surface area contributed by atoms with Crippen LogP contribution in [0, 0.1) is 6.92 Å². The van der Waals surface area contributed by atoms with Gasteiger partial charge in [0.25, 0.3) is 10.0 Å². The second kappa shape index (κ2) is 15.6. The number of nitrogens with zero attached hydrogens (tertiary/aromatic N) is 2. The highest BCUT2D eigenvalue weighted by Crippen LogP contribution is 2.36. The van der Waals surface area contributed by atoms with Crippen LogP contribution in [-0.4, -0.2) is 58.5 Å². The number of methoxy groups -OCH3 is 2. The molecule has 2 amide bonds. The van der Waals surface area contributed by atoms with Crippen molar-refractivity contribution >= 4 is 39.1 Å². The van der Waals surface area contributed by atoms with Crippen LogP contribution >= 0.6 is 11.6 Å². The van der Waals surface area contributed by atoms with Gasteiger partial charge in [-0.05, 0) is 55.7 Å². The maximum atomic E-state index is 14.3. The van der Waals surface area contributed by atoms with E-state index in [0.29, 0.717) is 29.3 Å². The number of carbonyl (C=O) groups excluding carboxylic acids is 2. The smallest absolute Gasteiger partial charge is 0.264 e. The molecule has 3 rings (SSSR count). The third kappa shape index (κ3) is 8.42. The molecular formula is C32H40ClN3O6S. The standard InChI is InChI=1S/C32H40ClN3O6S/c1-6-8-19-34-32(38)28(7-2)35(21-24-11-9-10-12-27(24)33)31(37)22-36(29-20-25(41-4)15-18-30(29)42-5)43(39,40)26-16-13-23(3)14-17-26/h9-18,20,28H,6-8,19,21-22H2,1-5H3,(H,34,38)/t28-/m0/s1. The molecule has 43 heavy (non-hydrogen) atoms. The number of sulfonamides is 1. The van der Waals surface area contributed by atoms with Gasteiger partial charge in [0.15, 0.2) is 0 Å². The van der Waals surface area contributed by atoms with Gasteiger partial charge < -0.3 is 19.7 Å². The molecular weight excluding hydrogens is 590 g/mol. The summed E-state index contributed by atoms with van der Waals surface area (Å²) in [7, 11) is -1.40. The normalized spacial score (nSPS) is 11.9. The van der Waals surface area contributed by atoms with Crippen molar-refractivity contribution in [2.75, 3.05) is 31.6 Å². The highest BCUT2D eigenvalue weighted by Gasteiger charge is 2.35. The molecule has 0 fully saturated rings. The van der Waals surface area contributed by atoms with Crippen molar-refractivity contribution in [3.63, 3.8) is 0 Å². The molecule has 0 aromatic heterocycles. The minimum atomic E-state index is -4.28. The van der Waals surface area contributed by atoms with E-state index in [-0.39, 0.29) is 28.8 Å². The minimum absolute atomic E-state index is 0.00206. The zero-order valence-electron chi connectivity index (χ0n) is 25.3. The number of anilines is 1. The average molecular weight is 630 g/mol. The first-order valence-corrected chi connectivity index (χ1v) is 16.0. The van der Waals surface area contributed by atoms with Crippen LogP contribution in [0.25, 0.3) is 0 Å². The van der Waals surface area contributed by atoms with Gasteiger partial charge in [0.1, 0.15) is 24.1 Å². The molecule has 0 aliphatic rings. The molecule has 0 aliphatic heterocycles. The predicted octanol–water partition coefficient (Wildman–Crippen LogP) is 5.58. The number of amides is 2. The van der Waals surface area contributed by atoms with Crippen molar-refractivity contribution in [1.29, 1.82) is 0 Å². The highest BCUT2D eigenvalue weighted by atomic mass is 35.5. The number of nitrogens with one attached hydrogen (secondary N) is 1. The molecule has 0 aliphatic carbocycles. The van der Waals surface area contributed by atoms with E-state index in [4.69, 9.17) is 21.1 Å². The van der Waals surface area contributed by atoms with E-state index in [2.05, 4.69) is 5.32 Å². The first kappa shape index (κ1) is 33.7. The molecule has 3 aromatic carbocycles. The van der Waals surface area contributed by atoms with E-state index in [1.807, 2.05) is 20.8 Å². The molecule has 3 aromatic rings. The number of hydrogen-bond acceptors (Lipinski definition) is 6. The molecule has 0 spiro atoms. The predicted molar refractivity (Wildman–Crippen MR) is 169 cm³/mol. The van der Waals surface area contributed by atoms with Gasteiger partial charge in [0, 0.05) is 24.2 Å². The Balaban J connectivity index is 2.14. The zero-order chi connectivity index (χ0) is 31.6. The van der Waals surface area contributed by atoms with Gasteiger partial charge in [-0.3, -0.25) is 13.9 Å². The van der Waals surface area contributed by atoms with Crippen LogP contribution in [0.15, 0.2) is 71.6 Å². The Morgan fingerprint density at radius 3 is 2.28 bits per heavy atom. The molecule has 0 heterocycles. The second-order valence-corrected chi connectivity index (χ2v) is 12.3. The fourth-order valence-electron chi connectivity index (χ4n) is 4.58. The fourth-order valence-corrected chi connectivity index (χ4v) is 6.19. The van der Waals surface area contributed by atoms with Gasteiger partial charge in [-0.2, -0.15) is 0 Å². The lowest BCUT2D eigenvalue weighted by Crippen LogP contribution is -2.52. The summed E-state index contributed by atoms with van der Waals surface area (Å²) in [6.07, 6.45) is 1.99. The fraction of sp³-hybridized carbons (Fsp3) is 0.375. The second-order valence-electron chi connectivity index (χ2n) is 10.0. The Hall–Kier alpha value is -3.76. The van der Waals surface area contributed by atoms with E-state index < -0.39 is 28.5 Å². The van der Waals surface area contributed by atoms with E-state index in [1.165, 1.54) is 37.3 Å². The summed E-state index contributed by atoms with van der Waals surface area (Å²) in [4.78, 5) is 29.0. The maximum Gasteiger partial charge on any atom is 0.264 e. The number of carbonyl (C=O) groups is 2. The summed E-state index contributed by atoms with van der Waals surface area (Å²) in [5.41, 5.74) is 1.63. The van der Waals surface area contributed by atoms with Crippen LogP contribution in [0.2, 0.25) is 5.02 Å². The molecule has 0 unspecified atom stereocenters. The van der Waals surface area contributed by atoms with Crippen LogP contribution in [-0.2, 0) is 26.2 Å². The molecule has 0 saturated heterocycles. The van der Waals surface area contributed by atoms with Crippen molar-refractivity contribution in [3.8, 4) is 11.5 Å². The Labute approximate surface area is 259 Å². The van der Waals surface area contributed by atoms with Crippen molar-refractivity contribution in [3.05, 3.63) is 82.9 Å². The van der Waals surface area contributed by atoms with Gasteiger partial charge >= 0.3 is 0 Å². The lowest BCUT2D eigenvalue weighted by Gasteiger charge is -2.33. The van der Waals surface area contributed by atoms with Crippen molar-refractivity contribution in [1.82, 2.24) is 10.2 Å². The van der Waals surface area contributed by atoms with Crippen LogP contribution in [0.4, 0.5) is 5.69 Å². The van der Waals surface area contributed by atoms with Gasteiger partial charge in [0.2, 0.25) is 11.8 Å². The lowest BCUT2D eigenvalue weighted by molar-refractivity contribution is -0.140. The molecule has 11 heteroatoms. The zero-order valence-corrected chi connectivity index (χ0v) is 26.9. The van der Waals surface area contributed by atoms with E-state index in [9.17, 15) is 18.0 Å². The van der Waals surface area contributed by atoms with Crippen molar-refractivity contribution < 1.29 is 27.5 Å². The number of hydrogen-bond donors (Lipinski definition) is 1. The van der Waals surface area contributed by atoms with Gasteiger partial charge in [-0.1, -0.05) is 67.8 Å². The number of ether oxygens (including phenoxy) is 2. The molecule has 0 saturated carbocycles. The Kier molecular flexibility index (Phi) is 12.3. The van der Waals surface area contributed by atoms with Crippen molar-refractivity contribution in [2.24, 2.45) is 0 Å². The van der Waals surface area contributed by atoms with Gasteiger partial charge in [-0.15, -0.1) is 0 Å². The van der Waals surface area contributed by atoms with Crippen LogP contribution in [0.3, 0.4) is 0 Å². The lowest BCUT2D eigenvalue weighted by atomic mass is 10.1. The summed E-state index contributed by atoms with van der Waals surface area (Å²) in [5.74, 6) is -0.297. The van der Waals surface area contributed by atoms with Gasteiger partial charge in [-0.25, -0.2) is 8.42 Å². The minimum Gasteiger partial charge on any atom is -0.497 e. The third-order valence-corrected chi connectivity index (χ3v) is 9.20. The Bertz CT molecular complexity index is 1500. The summed E-state index contributed by atoms with van der Waals surface area (Å²) in [5, 5.41) is 3.35. The van der Waals surface area contributed by atoms with Crippen LogP contribution in [0.1, 0.15) is 44.2 Å². The molecule has 1 N–H and O–H groups in total. The SMILES string of the molecule is CCCCNC(=O)[C@H](CC)N(Cc1ccccc1Cl)C(=O)CN(c1cc(OC)ccc1OC)S(=O)(=O)c1ccc(C)cc1. The van der Waals surface area contributed by atoms with Gasteiger partial charge in [0.05, 0.1) is 24.8 Å². The Morgan fingerprint density at radius 2 is 1.67 bits per heavy atom. The summed E-state index contributed by atoms with van der Waals surface area (Å²) >= 11 is 6.47. The van der Waals surface area contributed by atoms with E-state index in [0.717, 1.165) is 22.7 Å². The number of aryl methyl sites for hydroxylation is 1. The maximum absolute atomic E-state index is 14.3. The summed E-state index contributed by atoms with van der Waals surface area (Å²) < 4.78 is 40.3. The molecule has 232 valence electrons. The third-order valence-electron chi connectivity index (χ3n) is 7.06. The topological polar surface area (TPSA) is 105 Å². The number of rotatable bonds is 15. The Morgan fingerprint density at radius 1 is 0.977 bits per heavy atom. The quantitative estimate of drug-likeness (QED) is 0.220. The molecule has 0 radical (unpaired) electrons. The largest absolute Gasteiger partial charge is 0.497 e. The average Bonchev–Trinajstić information content (AvgIpc) is 3.00.